The molecule has 0 saturated carbocycles. The second-order valence-corrected chi connectivity index (χ2v) is 7.03. The lowest BCUT2D eigenvalue weighted by Crippen LogP contribution is -2.48. The predicted octanol–water partition coefficient (Wildman–Crippen LogP) is 2.81. The Hall–Kier alpha value is -1.69. The number of nitrogens with zero attached hydrogens (tertiary/aromatic N) is 2. The van der Waals surface area contributed by atoms with Gasteiger partial charge in [0.05, 0.1) is 6.54 Å². The van der Waals surface area contributed by atoms with E-state index in [4.69, 9.17) is 0 Å². The van der Waals surface area contributed by atoms with E-state index in [1.807, 2.05) is 42.5 Å². The number of anilines is 1. The smallest absolute Gasteiger partial charge is 0.238 e. The van der Waals surface area contributed by atoms with Gasteiger partial charge in [-0.1, -0.05) is 24.3 Å². The van der Waals surface area contributed by atoms with E-state index in [0.29, 0.717) is 6.54 Å². The molecule has 2 aromatic rings. The molecule has 1 aromatic heterocycles. The molecule has 2 heterocycles. The summed E-state index contributed by atoms with van der Waals surface area (Å²) in [6.45, 7) is 7.46. The zero-order valence-electron chi connectivity index (χ0n) is 13.5. The minimum Gasteiger partial charge on any atom is -0.325 e. The molecule has 0 spiro atoms. The highest BCUT2D eigenvalue weighted by Crippen LogP contribution is 2.15. The summed E-state index contributed by atoms with van der Waals surface area (Å²) in [5.41, 5.74) is 2.01. The molecule has 1 aliphatic heterocycles. The average Bonchev–Trinajstić information content (AvgIpc) is 3.04. The van der Waals surface area contributed by atoms with Crippen molar-refractivity contribution in [1.82, 2.24) is 9.80 Å². The number of amides is 1. The van der Waals surface area contributed by atoms with Crippen LogP contribution in [-0.2, 0) is 11.3 Å². The molecule has 1 fully saturated rings. The second-order valence-electron chi connectivity index (χ2n) is 5.99. The van der Waals surface area contributed by atoms with Crippen molar-refractivity contribution in [1.29, 1.82) is 0 Å². The van der Waals surface area contributed by atoms with Gasteiger partial charge in [-0.3, -0.25) is 14.6 Å². The summed E-state index contributed by atoms with van der Waals surface area (Å²) < 4.78 is 0. The van der Waals surface area contributed by atoms with Crippen molar-refractivity contribution in [2.24, 2.45) is 0 Å². The lowest BCUT2D eigenvalue weighted by Gasteiger charge is -2.34. The molecule has 1 aromatic carbocycles. The van der Waals surface area contributed by atoms with E-state index >= 15 is 0 Å². The van der Waals surface area contributed by atoms with Crippen molar-refractivity contribution in [2.75, 3.05) is 38.0 Å². The van der Waals surface area contributed by atoms with Gasteiger partial charge in [-0.05, 0) is 30.0 Å². The van der Waals surface area contributed by atoms with Crippen molar-refractivity contribution >= 4 is 22.9 Å². The first-order valence-corrected chi connectivity index (χ1v) is 8.91. The highest BCUT2D eigenvalue weighted by Gasteiger charge is 2.19. The third kappa shape index (κ3) is 4.64. The maximum absolute atomic E-state index is 12.2. The Morgan fingerprint density at radius 1 is 1.09 bits per heavy atom. The molecule has 0 radical (unpaired) electrons. The quantitative estimate of drug-likeness (QED) is 0.916. The molecular weight excluding hydrogens is 306 g/mol. The number of benzene rings is 1. The van der Waals surface area contributed by atoms with Gasteiger partial charge in [0.15, 0.2) is 0 Å². The third-order valence-corrected chi connectivity index (χ3v) is 5.07. The summed E-state index contributed by atoms with van der Waals surface area (Å²) >= 11 is 1.81. The van der Waals surface area contributed by atoms with Crippen LogP contribution < -0.4 is 5.32 Å². The lowest BCUT2D eigenvalue weighted by atomic mass is 10.2. The molecule has 0 atom stereocenters. The molecule has 0 unspecified atom stereocenters. The van der Waals surface area contributed by atoms with Gasteiger partial charge in [0.1, 0.15) is 0 Å². The maximum atomic E-state index is 12.2. The van der Waals surface area contributed by atoms with E-state index in [9.17, 15) is 4.79 Å². The van der Waals surface area contributed by atoms with Crippen molar-refractivity contribution in [3.63, 3.8) is 0 Å². The van der Waals surface area contributed by atoms with Crippen LogP contribution in [0.1, 0.15) is 10.4 Å². The van der Waals surface area contributed by atoms with Gasteiger partial charge in [0, 0.05) is 43.3 Å². The topological polar surface area (TPSA) is 35.6 Å². The van der Waals surface area contributed by atoms with Crippen LogP contribution in [0.25, 0.3) is 0 Å². The molecular formula is C18H23N3OS. The largest absolute Gasteiger partial charge is 0.325 e. The fourth-order valence-electron chi connectivity index (χ4n) is 2.83. The fraction of sp³-hybridized carbons (Fsp3) is 0.389. The third-order valence-electron chi connectivity index (χ3n) is 4.21. The molecule has 3 rings (SSSR count). The van der Waals surface area contributed by atoms with Gasteiger partial charge in [0.2, 0.25) is 5.91 Å². The molecule has 1 amide bonds. The zero-order valence-corrected chi connectivity index (χ0v) is 14.3. The summed E-state index contributed by atoms with van der Waals surface area (Å²) in [5, 5.41) is 5.14. The number of rotatable bonds is 5. The number of nitrogens with one attached hydrogen (secondary N) is 1. The molecule has 122 valence electrons. The van der Waals surface area contributed by atoms with Gasteiger partial charge in [-0.15, -0.1) is 11.3 Å². The number of hydrogen-bond donors (Lipinski definition) is 1. The Morgan fingerprint density at radius 2 is 1.83 bits per heavy atom. The number of carbonyl (C=O) groups excluding carboxylic acids is 1. The minimum atomic E-state index is 0.0750. The van der Waals surface area contributed by atoms with Gasteiger partial charge >= 0.3 is 0 Å². The first-order valence-electron chi connectivity index (χ1n) is 8.03. The Morgan fingerprint density at radius 3 is 2.52 bits per heavy atom. The maximum Gasteiger partial charge on any atom is 0.238 e. The number of hydrogen-bond acceptors (Lipinski definition) is 4. The van der Waals surface area contributed by atoms with Crippen molar-refractivity contribution < 1.29 is 4.79 Å². The van der Waals surface area contributed by atoms with Crippen molar-refractivity contribution in [2.45, 2.75) is 13.5 Å². The summed E-state index contributed by atoms with van der Waals surface area (Å²) in [6.07, 6.45) is 0. The van der Waals surface area contributed by atoms with Crippen molar-refractivity contribution in [3.8, 4) is 0 Å². The Balaban J connectivity index is 1.43. The summed E-state index contributed by atoms with van der Waals surface area (Å²) in [4.78, 5) is 18.3. The van der Waals surface area contributed by atoms with Gasteiger partial charge in [0.25, 0.3) is 0 Å². The minimum absolute atomic E-state index is 0.0750. The van der Waals surface area contributed by atoms with Gasteiger partial charge in [-0.2, -0.15) is 0 Å². The highest BCUT2D eigenvalue weighted by atomic mass is 32.1. The molecule has 5 heteroatoms. The zero-order chi connectivity index (χ0) is 16.1. The number of carbonyl (C=O) groups is 1. The average molecular weight is 329 g/mol. The Kier molecular flexibility index (Phi) is 5.43. The Labute approximate surface area is 141 Å². The van der Waals surface area contributed by atoms with E-state index in [0.717, 1.165) is 44.0 Å². The normalized spacial score (nSPS) is 16.4. The number of thiophene rings is 1. The van der Waals surface area contributed by atoms with Crippen LogP contribution in [0.15, 0.2) is 41.8 Å². The van der Waals surface area contributed by atoms with Crippen LogP contribution in [0.4, 0.5) is 5.69 Å². The first-order chi connectivity index (χ1) is 11.2. The van der Waals surface area contributed by atoms with Crippen molar-refractivity contribution in [3.05, 3.63) is 52.2 Å². The molecule has 1 saturated heterocycles. The van der Waals surface area contributed by atoms with Crippen LogP contribution in [0.2, 0.25) is 0 Å². The number of para-hydroxylation sites is 1. The van der Waals surface area contributed by atoms with Gasteiger partial charge in [-0.25, -0.2) is 0 Å². The van der Waals surface area contributed by atoms with E-state index in [-0.39, 0.29) is 5.91 Å². The lowest BCUT2D eigenvalue weighted by molar-refractivity contribution is -0.117. The van der Waals surface area contributed by atoms with Crippen LogP contribution >= 0.6 is 11.3 Å². The summed E-state index contributed by atoms with van der Waals surface area (Å²) in [7, 11) is 0. The molecule has 0 aliphatic carbocycles. The van der Waals surface area contributed by atoms with Crippen LogP contribution in [0.5, 0.6) is 0 Å². The van der Waals surface area contributed by atoms with E-state index in [1.54, 1.807) is 0 Å². The molecule has 1 N–H and O–H groups in total. The Bertz CT molecular complexity index is 633. The van der Waals surface area contributed by atoms with Crippen LogP contribution in [0, 0.1) is 6.92 Å². The summed E-state index contributed by atoms with van der Waals surface area (Å²) in [6, 6.07) is 12.2. The van der Waals surface area contributed by atoms with E-state index in [1.165, 1.54) is 4.88 Å². The van der Waals surface area contributed by atoms with Crippen LogP contribution in [-0.4, -0.2) is 48.4 Å². The highest BCUT2D eigenvalue weighted by molar-refractivity contribution is 7.09. The molecule has 1 aliphatic rings. The van der Waals surface area contributed by atoms with Gasteiger partial charge < -0.3 is 5.32 Å². The second kappa shape index (κ2) is 7.73. The molecule has 0 bridgehead atoms. The molecule has 4 nitrogen and oxygen atoms in total. The standard InChI is InChI=1S/C18H23N3OS/c1-15-5-2-3-7-17(15)19-18(22)14-21-10-8-20(9-11-21)13-16-6-4-12-23-16/h2-7,12H,8-11,13-14H2,1H3,(H,19,22). The number of aryl methyl sites for hydroxylation is 1. The number of piperazine rings is 1. The molecule has 23 heavy (non-hydrogen) atoms. The predicted molar refractivity (Wildman–Crippen MR) is 95.8 cm³/mol. The van der Waals surface area contributed by atoms with E-state index in [2.05, 4.69) is 32.6 Å². The monoisotopic (exact) mass is 329 g/mol. The fourth-order valence-corrected chi connectivity index (χ4v) is 3.58. The summed E-state index contributed by atoms with van der Waals surface area (Å²) in [5.74, 6) is 0.0750. The van der Waals surface area contributed by atoms with E-state index < -0.39 is 0 Å². The van der Waals surface area contributed by atoms with Crippen LogP contribution in [0.3, 0.4) is 0 Å². The first kappa shape index (κ1) is 16.2. The SMILES string of the molecule is Cc1ccccc1NC(=O)CN1CCN(Cc2cccs2)CC1.